The smallest absolute Gasteiger partial charge is 0.330 e. The first-order chi connectivity index (χ1) is 15.1. The molecule has 4 aliphatic rings. The minimum atomic E-state index is -0.340. The van der Waals surface area contributed by atoms with Gasteiger partial charge in [0.2, 0.25) is 0 Å². The van der Waals surface area contributed by atoms with Crippen LogP contribution in [0.4, 0.5) is 0 Å². The van der Waals surface area contributed by atoms with Crippen LogP contribution in [-0.2, 0) is 23.9 Å². The van der Waals surface area contributed by atoms with Gasteiger partial charge in [-0.2, -0.15) is 0 Å². The van der Waals surface area contributed by atoms with Crippen LogP contribution in [-0.4, -0.2) is 30.9 Å². The Morgan fingerprint density at radius 1 is 1.22 bits per heavy atom. The van der Waals surface area contributed by atoms with E-state index >= 15 is 0 Å². The maximum Gasteiger partial charge on any atom is 0.330 e. The third kappa shape index (κ3) is 3.76. The van der Waals surface area contributed by atoms with Gasteiger partial charge in [-0.15, -0.1) is 0 Å². The summed E-state index contributed by atoms with van der Waals surface area (Å²) in [5, 5.41) is 0. The summed E-state index contributed by atoms with van der Waals surface area (Å²) < 4.78 is 10.3. The maximum atomic E-state index is 13.8. The van der Waals surface area contributed by atoms with Gasteiger partial charge in [0.05, 0.1) is 7.11 Å². The Kier molecular flexibility index (Phi) is 6.15. The highest BCUT2D eigenvalue weighted by atomic mass is 16.5. The van der Waals surface area contributed by atoms with Crippen molar-refractivity contribution in [2.45, 2.75) is 78.7 Å². The number of hydrogen-bond acceptors (Lipinski definition) is 5. The fourth-order valence-corrected chi connectivity index (χ4v) is 8.08. The molecule has 0 amide bonds. The van der Waals surface area contributed by atoms with Gasteiger partial charge in [0.25, 0.3) is 0 Å². The molecule has 0 aromatic carbocycles. The first-order valence-corrected chi connectivity index (χ1v) is 12.3. The molecule has 4 aliphatic carbocycles. The summed E-state index contributed by atoms with van der Waals surface area (Å²) in [6.45, 7) is 8.22. The van der Waals surface area contributed by atoms with E-state index in [0.717, 1.165) is 38.5 Å². The van der Waals surface area contributed by atoms with Crippen LogP contribution < -0.4 is 0 Å². The molecule has 4 rings (SSSR count). The fraction of sp³-hybridized carbons (Fsp3) is 0.741. The number of esters is 2. The molecular weight excluding hydrogens is 404 g/mol. The van der Waals surface area contributed by atoms with Crippen LogP contribution in [0.3, 0.4) is 0 Å². The van der Waals surface area contributed by atoms with E-state index in [4.69, 9.17) is 9.47 Å². The molecule has 0 spiro atoms. The quantitative estimate of drug-likeness (QED) is 0.346. The first-order valence-electron chi connectivity index (χ1n) is 12.3. The maximum absolute atomic E-state index is 13.8. The summed E-state index contributed by atoms with van der Waals surface area (Å²) >= 11 is 0. The van der Waals surface area contributed by atoms with Crippen molar-refractivity contribution in [2.75, 3.05) is 7.11 Å². The van der Waals surface area contributed by atoms with Crippen LogP contribution >= 0.6 is 0 Å². The molecule has 0 bridgehead atoms. The lowest BCUT2D eigenvalue weighted by atomic mass is 9.44. The zero-order valence-corrected chi connectivity index (χ0v) is 20.2. The highest BCUT2D eigenvalue weighted by Crippen LogP contribution is 2.66. The van der Waals surface area contributed by atoms with E-state index in [0.29, 0.717) is 30.0 Å². The number of fused-ring (bicyclic) bond motifs is 5. The fourth-order valence-electron chi connectivity index (χ4n) is 8.08. The summed E-state index contributed by atoms with van der Waals surface area (Å²) in [6, 6.07) is 0. The van der Waals surface area contributed by atoms with Crippen molar-refractivity contribution in [1.29, 1.82) is 0 Å². The Hall–Kier alpha value is -1.91. The molecule has 0 N–H and O–H groups in total. The predicted octanol–water partition coefficient (Wildman–Crippen LogP) is 5.04. The average Bonchev–Trinajstić information content (AvgIpc) is 3.07. The molecule has 32 heavy (non-hydrogen) atoms. The number of hydrogen-bond donors (Lipinski definition) is 0. The number of Topliss-reactive ketones (excluding diaryl/α,β-unsaturated/α-hetero) is 1. The normalized spacial score (nSPS) is 41.8. The van der Waals surface area contributed by atoms with E-state index in [1.165, 1.54) is 25.7 Å². The standard InChI is InChI=1S/C27H38O5/c1-16(6-11-24(30)31-5)21-9-10-22-20-8-7-18-14-19(32-17(2)28)12-13-26(18,3)25(20)23(29)15-27(21,22)4/h6,9,11,16,18-20,22,25H,7-8,10,12-15H2,1-5H3. The van der Waals surface area contributed by atoms with Gasteiger partial charge in [0.1, 0.15) is 11.9 Å². The molecule has 0 radical (unpaired) electrons. The van der Waals surface area contributed by atoms with Gasteiger partial charge in [-0.25, -0.2) is 4.79 Å². The predicted molar refractivity (Wildman–Crippen MR) is 121 cm³/mol. The Labute approximate surface area is 192 Å². The van der Waals surface area contributed by atoms with Gasteiger partial charge >= 0.3 is 11.9 Å². The highest BCUT2D eigenvalue weighted by molar-refractivity contribution is 5.85. The molecule has 5 nitrogen and oxygen atoms in total. The number of rotatable bonds is 4. The highest BCUT2D eigenvalue weighted by Gasteiger charge is 2.62. The van der Waals surface area contributed by atoms with Gasteiger partial charge in [0, 0.05) is 25.3 Å². The number of ketones is 1. The van der Waals surface area contributed by atoms with Gasteiger partial charge < -0.3 is 9.47 Å². The van der Waals surface area contributed by atoms with Crippen molar-refractivity contribution in [3.8, 4) is 0 Å². The molecule has 0 heterocycles. The topological polar surface area (TPSA) is 69.7 Å². The lowest BCUT2D eigenvalue weighted by Gasteiger charge is -2.60. The molecule has 8 unspecified atom stereocenters. The third-order valence-corrected chi connectivity index (χ3v) is 9.49. The van der Waals surface area contributed by atoms with Gasteiger partial charge in [-0.05, 0) is 73.0 Å². The minimum absolute atomic E-state index is 0.00767. The molecule has 176 valence electrons. The summed E-state index contributed by atoms with van der Waals surface area (Å²) in [5.41, 5.74) is 1.19. The van der Waals surface area contributed by atoms with Crippen molar-refractivity contribution in [3.05, 3.63) is 23.8 Å². The Morgan fingerprint density at radius 2 is 1.97 bits per heavy atom. The van der Waals surface area contributed by atoms with Crippen LogP contribution in [0.25, 0.3) is 0 Å². The molecule has 3 saturated carbocycles. The van der Waals surface area contributed by atoms with Crippen molar-refractivity contribution in [1.82, 2.24) is 0 Å². The number of ether oxygens (including phenoxy) is 2. The number of carbonyl (C=O) groups excluding carboxylic acids is 3. The molecule has 5 heteroatoms. The van der Waals surface area contributed by atoms with E-state index in [9.17, 15) is 14.4 Å². The molecule has 8 atom stereocenters. The van der Waals surface area contributed by atoms with Crippen LogP contribution in [0, 0.1) is 40.4 Å². The number of allylic oxidation sites excluding steroid dienone is 3. The van der Waals surface area contributed by atoms with Crippen LogP contribution in [0.15, 0.2) is 23.8 Å². The van der Waals surface area contributed by atoms with Crippen LogP contribution in [0.1, 0.15) is 72.6 Å². The van der Waals surface area contributed by atoms with E-state index in [1.807, 2.05) is 6.08 Å². The Bertz CT molecular complexity index is 856. The molecule has 3 fully saturated rings. The Balaban J connectivity index is 1.54. The SMILES string of the molecule is COC(=O)C=CC(C)C1=CCC2C3CCC4CC(OC(C)=O)CCC4(C)C3C(=O)CC12C. The molecule has 0 aliphatic heterocycles. The molecule has 0 aromatic rings. The first kappa shape index (κ1) is 23.3. The average molecular weight is 443 g/mol. The summed E-state index contributed by atoms with van der Waals surface area (Å²) in [5.74, 6) is 1.46. The monoisotopic (exact) mass is 442 g/mol. The van der Waals surface area contributed by atoms with Crippen molar-refractivity contribution in [2.24, 2.45) is 40.4 Å². The van der Waals surface area contributed by atoms with E-state index < -0.39 is 0 Å². The van der Waals surface area contributed by atoms with E-state index in [-0.39, 0.29) is 40.7 Å². The van der Waals surface area contributed by atoms with Crippen LogP contribution in [0.2, 0.25) is 0 Å². The zero-order valence-electron chi connectivity index (χ0n) is 20.2. The molecular formula is C27H38O5. The second kappa shape index (κ2) is 8.46. The second-order valence-electron chi connectivity index (χ2n) is 11.2. The largest absolute Gasteiger partial charge is 0.466 e. The van der Waals surface area contributed by atoms with E-state index in [2.05, 4.69) is 26.8 Å². The van der Waals surface area contributed by atoms with Gasteiger partial charge in [0.15, 0.2) is 0 Å². The lowest BCUT2D eigenvalue weighted by molar-refractivity contribution is -0.166. The van der Waals surface area contributed by atoms with Crippen molar-refractivity contribution < 1.29 is 23.9 Å². The van der Waals surface area contributed by atoms with Crippen molar-refractivity contribution >= 4 is 17.7 Å². The molecule has 0 aromatic heterocycles. The third-order valence-electron chi connectivity index (χ3n) is 9.49. The lowest BCUT2D eigenvalue weighted by Crippen LogP contribution is -2.57. The van der Waals surface area contributed by atoms with E-state index in [1.54, 1.807) is 0 Å². The number of methoxy groups -OCH3 is 1. The summed E-state index contributed by atoms with van der Waals surface area (Å²) in [7, 11) is 1.39. The van der Waals surface area contributed by atoms with Crippen molar-refractivity contribution in [3.63, 3.8) is 0 Å². The number of carbonyl (C=O) groups is 3. The Morgan fingerprint density at radius 3 is 2.66 bits per heavy atom. The minimum Gasteiger partial charge on any atom is -0.466 e. The van der Waals surface area contributed by atoms with Gasteiger partial charge in [-0.1, -0.05) is 38.5 Å². The summed E-state index contributed by atoms with van der Waals surface area (Å²) in [6.07, 6.45) is 12.3. The zero-order chi connectivity index (χ0) is 23.3. The van der Waals surface area contributed by atoms with Crippen LogP contribution in [0.5, 0.6) is 0 Å². The second-order valence-corrected chi connectivity index (χ2v) is 11.2. The van der Waals surface area contributed by atoms with Gasteiger partial charge in [-0.3, -0.25) is 9.59 Å². The summed E-state index contributed by atoms with van der Waals surface area (Å²) in [4.78, 5) is 36.8. The molecule has 0 saturated heterocycles.